The zero-order valence-corrected chi connectivity index (χ0v) is 18.6. The molecule has 1 aliphatic heterocycles. The van der Waals surface area contributed by atoms with Crippen LogP contribution >= 0.6 is 0 Å². The predicted molar refractivity (Wildman–Crippen MR) is 112 cm³/mol. The van der Waals surface area contributed by atoms with Gasteiger partial charge >= 0.3 is 19.1 Å². The molecule has 1 atom stereocenters. The van der Waals surface area contributed by atoms with Crippen LogP contribution in [0.25, 0.3) is 0 Å². The van der Waals surface area contributed by atoms with E-state index in [1.165, 1.54) is 6.07 Å². The molecule has 1 aromatic rings. The van der Waals surface area contributed by atoms with Crippen LogP contribution in [-0.2, 0) is 25.5 Å². The van der Waals surface area contributed by atoms with Crippen LogP contribution in [-0.4, -0.2) is 36.7 Å². The van der Waals surface area contributed by atoms with Crippen molar-refractivity contribution in [1.82, 2.24) is 0 Å². The smallest absolute Gasteiger partial charge is 0.526 e. The zero-order chi connectivity index (χ0) is 22.7. The van der Waals surface area contributed by atoms with Gasteiger partial charge in [0.15, 0.2) is 0 Å². The first-order valence-electron chi connectivity index (χ1n) is 10.1. The average Bonchev–Trinajstić information content (AvgIpc) is 2.59. The Morgan fingerprint density at radius 3 is 2.40 bits per heavy atom. The molecule has 30 heavy (non-hydrogen) atoms. The highest BCUT2D eigenvalue weighted by molar-refractivity contribution is 6.47. The first-order valence-corrected chi connectivity index (χ1v) is 10.1. The number of hydrogen-bond acceptors (Lipinski definition) is 7. The van der Waals surface area contributed by atoms with Gasteiger partial charge in [0, 0.05) is 18.7 Å². The number of fused-ring (bicyclic) bond motifs is 1. The Bertz CT molecular complexity index is 805. The molecule has 1 aromatic carbocycles. The average molecular weight is 418 g/mol. The summed E-state index contributed by atoms with van der Waals surface area (Å²) in [4.78, 5) is 36.5. The Balaban J connectivity index is 2.04. The topological polar surface area (TPSA) is 99.1 Å². The maximum absolute atomic E-state index is 12.4. The molecule has 0 amide bonds. The third-order valence-electron chi connectivity index (χ3n) is 4.65. The molecule has 0 saturated carbocycles. The van der Waals surface area contributed by atoms with Crippen LogP contribution in [0.4, 0.5) is 0 Å². The molecule has 0 spiro atoms. The molecule has 164 valence electrons. The molecule has 8 heteroatoms. The van der Waals surface area contributed by atoms with Crippen LogP contribution in [0.1, 0.15) is 70.3 Å². The van der Waals surface area contributed by atoms with Crippen LogP contribution in [0, 0.1) is 10.8 Å². The highest BCUT2D eigenvalue weighted by Gasteiger charge is 2.38. The maximum atomic E-state index is 12.4. The van der Waals surface area contributed by atoms with E-state index >= 15 is 0 Å². The van der Waals surface area contributed by atoms with Crippen LogP contribution in [0.15, 0.2) is 18.2 Å². The lowest BCUT2D eigenvalue weighted by Crippen LogP contribution is -2.36. The summed E-state index contributed by atoms with van der Waals surface area (Å²) in [6.07, 6.45) is 1.03. The van der Waals surface area contributed by atoms with Gasteiger partial charge in [-0.3, -0.25) is 9.59 Å². The monoisotopic (exact) mass is 418 g/mol. The van der Waals surface area contributed by atoms with E-state index in [9.17, 15) is 19.4 Å². The Hall–Kier alpha value is -2.35. The van der Waals surface area contributed by atoms with Crippen molar-refractivity contribution in [3.63, 3.8) is 0 Å². The van der Waals surface area contributed by atoms with E-state index in [1.807, 2.05) is 20.8 Å². The van der Waals surface area contributed by atoms with Gasteiger partial charge in [-0.15, -0.1) is 0 Å². The number of Topliss-reactive ketones (excluding diaryl/α,β-unsaturated/α-hetero) is 1. The summed E-state index contributed by atoms with van der Waals surface area (Å²) < 4.78 is 15.6. The molecular weight excluding hydrogens is 387 g/mol. The van der Waals surface area contributed by atoms with E-state index in [1.54, 1.807) is 32.9 Å². The molecule has 0 saturated heterocycles. The molecular formula is C22H31BO7. The van der Waals surface area contributed by atoms with E-state index < -0.39 is 31.3 Å². The Labute approximate surface area is 178 Å². The number of rotatable bonds is 6. The first-order chi connectivity index (χ1) is 13.8. The number of benzene rings is 1. The maximum Gasteiger partial charge on any atom is 0.526 e. The van der Waals surface area contributed by atoms with E-state index in [-0.39, 0.29) is 34.7 Å². The Kier molecular flexibility index (Phi) is 7.34. The van der Waals surface area contributed by atoms with Crippen LogP contribution in [0.3, 0.4) is 0 Å². The van der Waals surface area contributed by atoms with Crippen molar-refractivity contribution in [2.75, 3.05) is 6.79 Å². The van der Waals surface area contributed by atoms with E-state index in [0.29, 0.717) is 12.8 Å². The standard InChI is InChI=1S/C22H31BO7/c1-21(2,3)12-16(24)11-15-10-14-8-7-9-17(18(14)30-23(15)27)19(25)28-13-29-20(26)22(4,5)6/h7-9,15,27H,10-13H2,1-6H3/t15-/m1/s1. The molecule has 0 bridgehead atoms. The number of ether oxygens (including phenoxy) is 2. The van der Waals surface area contributed by atoms with Crippen molar-refractivity contribution >= 4 is 24.8 Å². The molecule has 2 rings (SSSR count). The lowest BCUT2D eigenvalue weighted by Gasteiger charge is -2.29. The summed E-state index contributed by atoms with van der Waals surface area (Å²) in [5.41, 5.74) is 0.0289. The van der Waals surface area contributed by atoms with Gasteiger partial charge in [-0.2, -0.15) is 0 Å². The molecule has 0 aromatic heterocycles. The summed E-state index contributed by atoms with van der Waals surface area (Å²) in [7, 11) is -1.20. The van der Waals surface area contributed by atoms with Crippen molar-refractivity contribution in [2.45, 2.75) is 66.6 Å². The van der Waals surface area contributed by atoms with E-state index in [2.05, 4.69) is 0 Å². The van der Waals surface area contributed by atoms with Crippen molar-refractivity contribution < 1.29 is 33.5 Å². The minimum atomic E-state index is -1.20. The summed E-state index contributed by atoms with van der Waals surface area (Å²) >= 11 is 0. The first kappa shape index (κ1) is 23.9. The summed E-state index contributed by atoms with van der Waals surface area (Å²) in [5, 5.41) is 10.4. The second kappa shape index (κ2) is 9.21. The zero-order valence-electron chi connectivity index (χ0n) is 18.6. The van der Waals surface area contributed by atoms with Crippen molar-refractivity contribution in [1.29, 1.82) is 0 Å². The van der Waals surface area contributed by atoms with Gasteiger partial charge in [0.05, 0.1) is 5.41 Å². The number of esters is 2. The molecule has 0 aliphatic carbocycles. The quantitative estimate of drug-likeness (QED) is 0.428. The largest absolute Gasteiger partial charge is 0.535 e. The normalized spacial score (nSPS) is 16.4. The number of carbonyl (C=O) groups is 3. The van der Waals surface area contributed by atoms with Crippen molar-refractivity contribution in [2.24, 2.45) is 10.8 Å². The van der Waals surface area contributed by atoms with E-state index in [4.69, 9.17) is 14.1 Å². The molecule has 7 nitrogen and oxygen atoms in total. The van der Waals surface area contributed by atoms with E-state index in [0.717, 1.165) is 5.56 Å². The second-order valence-electron chi connectivity index (χ2n) is 9.98. The molecule has 1 N–H and O–H groups in total. The SMILES string of the molecule is CC(C)(C)CC(=O)C[C@H]1Cc2cccc(C(=O)OCOC(=O)C(C)(C)C)c2OB1O. The van der Waals surface area contributed by atoms with Crippen LogP contribution < -0.4 is 4.65 Å². The highest BCUT2D eigenvalue weighted by atomic mass is 16.7. The van der Waals surface area contributed by atoms with Crippen molar-refractivity contribution in [3.05, 3.63) is 29.3 Å². The predicted octanol–water partition coefficient (Wildman–Crippen LogP) is 3.57. The van der Waals surface area contributed by atoms with Gasteiger partial charge in [0.25, 0.3) is 0 Å². The third-order valence-corrected chi connectivity index (χ3v) is 4.65. The molecule has 0 unspecified atom stereocenters. The van der Waals surface area contributed by atoms with Gasteiger partial charge in [-0.25, -0.2) is 4.79 Å². The lowest BCUT2D eigenvalue weighted by atomic mass is 9.64. The summed E-state index contributed by atoms with van der Waals surface area (Å²) in [5.74, 6) is -1.29. The Morgan fingerprint density at radius 1 is 1.13 bits per heavy atom. The van der Waals surface area contributed by atoms with Gasteiger partial charge in [-0.1, -0.05) is 32.9 Å². The molecule has 1 aliphatic rings. The molecule has 0 fully saturated rings. The fourth-order valence-corrected chi connectivity index (χ4v) is 3.21. The summed E-state index contributed by atoms with van der Waals surface area (Å²) in [6, 6.07) is 5.00. The fraction of sp³-hybridized carbons (Fsp3) is 0.591. The lowest BCUT2D eigenvalue weighted by molar-refractivity contribution is -0.161. The third kappa shape index (κ3) is 6.59. The van der Waals surface area contributed by atoms with Crippen LogP contribution in [0.5, 0.6) is 5.75 Å². The van der Waals surface area contributed by atoms with Crippen LogP contribution in [0.2, 0.25) is 5.82 Å². The highest BCUT2D eigenvalue weighted by Crippen LogP contribution is 2.37. The second-order valence-corrected chi connectivity index (χ2v) is 9.98. The minimum absolute atomic E-state index is 0.0647. The van der Waals surface area contributed by atoms with Gasteiger partial charge < -0.3 is 19.2 Å². The van der Waals surface area contributed by atoms with Gasteiger partial charge in [-0.05, 0) is 44.2 Å². The molecule has 1 heterocycles. The van der Waals surface area contributed by atoms with Gasteiger partial charge in [0.1, 0.15) is 17.1 Å². The minimum Gasteiger partial charge on any atom is -0.535 e. The molecule has 0 radical (unpaired) electrons. The summed E-state index contributed by atoms with van der Waals surface area (Å²) in [6.45, 7) is 10.6. The Morgan fingerprint density at radius 2 is 1.80 bits per heavy atom. The van der Waals surface area contributed by atoms with Crippen molar-refractivity contribution in [3.8, 4) is 5.75 Å². The number of hydrogen-bond donors (Lipinski definition) is 1. The number of carbonyl (C=O) groups excluding carboxylic acids is 3. The number of para-hydroxylation sites is 1. The number of ketones is 1. The van der Waals surface area contributed by atoms with Gasteiger partial charge in [0.2, 0.25) is 6.79 Å². The fourth-order valence-electron chi connectivity index (χ4n) is 3.21.